The first kappa shape index (κ1) is 46.2. The van der Waals surface area contributed by atoms with Crippen molar-refractivity contribution >= 4 is 23.7 Å². The molecule has 1 N–H and O–H groups in total. The SMILES string of the molecule is CCCCCCCC(=O)OCCCCCN(CCCCCSCC(CCCCC)OC(=O)CCC1CCCCC1)CCOCCOCCO. The summed E-state index contributed by atoms with van der Waals surface area (Å²) in [4.78, 5) is 27.1. The molecule has 1 rings (SSSR count). The lowest BCUT2D eigenvalue weighted by Gasteiger charge is -2.22. The van der Waals surface area contributed by atoms with Gasteiger partial charge in [0.25, 0.3) is 0 Å². The second-order valence-electron chi connectivity index (χ2n) is 14.0. The maximum absolute atomic E-state index is 12.7. The normalized spacial score (nSPS) is 14.4. The number of rotatable bonds is 36. The summed E-state index contributed by atoms with van der Waals surface area (Å²) in [7, 11) is 0. The molecular formula is C40H77NO7S. The lowest BCUT2D eigenvalue weighted by Crippen LogP contribution is -2.30. The number of aliphatic hydroxyl groups is 1. The third-order valence-electron chi connectivity index (χ3n) is 9.50. The minimum atomic E-state index is -0.0469. The molecule has 290 valence electrons. The molecule has 0 aliphatic heterocycles. The van der Waals surface area contributed by atoms with E-state index in [1.54, 1.807) is 0 Å². The van der Waals surface area contributed by atoms with Crippen LogP contribution in [0.1, 0.15) is 162 Å². The molecule has 0 spiro atoms. The van der Waals surface area contributed by atoms with Gasteiger partial charge in [-0.3, -0.25) is 9.59 Å². The molecule has 1 saturated carbocycles. The molecule has 1 aliphatic rings. The van der Waals surface area contributed by atoms with Gasteiger partial charge in [0, 0.05) is 25.1 Å². The summed E-state index contributed by atoms with van der Waals surface area (Å²) in [5, 5.41) is 8.85. The highest BCUT2D eigenvalue weighted by molar-refractivity contribution is 7.99. The molecule has 0 aromatic rings. The maximum Gasteiger partial charge on any atom is 0.306 e. The van der Waals surface area contributed by atoms with E-state index in [0.717, 1.165) is 94.8 Å². The van der Waals surface area contributed by atoms with Crippen LogP contribution >= 0.6 is 11.8 Å². The number of aliphatic hydroxyl groups excluding tert-OH is 1. The second kappa shape index (κ2) is 35.5. The highest BCUT2D eigenvalue weighted by Gasteiger charge is 2.18. The topological polar surface area (TPSA) is 94.5 Å². The van der Waals surface area contributed by atoms with E-state index in [9.17, 15) is 9.59 Å². The number of unbranched alkanes of at least 4 members (excludes halogenated alkanes) is 10. The zero-order valence-electron chi connectivity index (χ0n) is 31.9. The van der Waals surface area contributed by atoms with Gasteiger partial charge in [-0.05, 0) is 82.5 Å². The van der Waals surface area contributed by atoms with Crippen LogP contribution in [0.4, 0.5) is 0 Å². The van der Waals surface area contributed by atoms with Crippen LogP contribution in [0.25, 0.3) is 0 Å². The minimum Gasteiger partial charge on any atom is -0.466 e. The molecule has 0 amide bonds. The van der Waals surface area contributed by atoms with Crippen LogP contribution in [0.2, 0.25) is 0 Å². The van der Waals surface area contributed by atoms with E-state index < -0.39 is 0 Å². The molecule has 1 unspecified atom stereocenters. The molecule has 1 aliphatic carbocycles. The Hall–Kier alpha value is -0.870. The molecule has 9 heteroatoms. The van der Waals surface area contributed by atoms with Crippen molar-refractivity contribution in [3.63, 3.8) is 0 Å². The molecule has 0 aromatic heterocycles. The molecule has 0 heterocycles. The van der Waals surface area contributed by atoms with E-state index in [0.29, 0.717) is 45.9 Å². The zero-order chi connectivity index (χ0) is 35.5. The van der Waals surface area contributed by atoms with Crippen LogP contribution in [0, 0.1) is 5.92 Å². The van der Waals surface area contributed by atoms with Crippen molar-refractivity contribution in [2.75, 3.05) is 70.8 Å². The van der Waals surface area contributed by atoms with Crippen LogP contribution in [0.15, 0.2) is 0 Å². The van der Waals surface area contributed by atoms with Gasteiger partial charge in [-0.15, -0.1) is 0 Å². The Morgan fingerprint density at radius 2 is 1.37 bits per heavy atom. The smallest absolute Gasteiger partial charge is 0.306 e. The van der Waals surface area contributed by atoms with Crippen molar-refractivity contribution in [2.24, 2.45) is 5.92 Å². The fourth-order valence-electron chi connectivity index (χ4n) is 6.43. The molecule has 49 heavy (non-hydrogen) atoms. The predicted molar refractivity (Wildman–Crippen MR) is 204 cm³/mol. The lowest BCUT2D eigenvalue weighted by atomic mass is 9.86. The highest BCUT2D eigenvalue weighted by atomic mass is 32.2. The molecular weight excluding hydrogens is 639 g/mol. The minimum absolute atomic E-state index is 0.0172. The summed E-state index contributed by atoms with van der Waals surface area (Å²) < 4.78 is 22.5. The van der Waals surface area contributed by atoms with Gasteiger partial charge in [0.1, 0.15) is 6.10 Å². The van der Waals surface area contributed by atoms with Crippen molar-refractivity contribution in [1.82, 2.24) is 4.90 Å². The molecule has 8 nitrogen and oxygen atoms in total. The van der Waals surface area contributed by atoms with Crippen LogP contribution in [-0.2, 0) is 28.5 Å². The van der Waals surface area contributed by atoms with Crippen molar-refractivity contribution in [3.05, 3.63) is 0 Å². The Kier molecular flexibility index (Phi) is 33.5. The molecule has 0 saturated heterocycles. The van der Waals surface area contributed by atoms with Crippen molar-refractivity contribution in [1.29, 1.82) is 0 Å². The summed E-state index contributed by atoms with van der Waals surface area (Å²) >= 11 is 1.95. The van der Waals surface area contributed by atoms with Gasteiger partial charge in [0.15, 0.2) is 0 Å². The molecule has 0 radical (unpaired) electrons. The standard InChI is InChI=1S/C40H77NO7S/c1-3-5-7-8-15-23-39(43)47-30-18-10-16-26-41(28-31-45-33-34-46-32-29-42)27-17-11-19-35-49-36-38(22-12-6-4-2)48-40(44)25-24-37-20-13-9-14-21-37/h37-38,42H,3-36H2,1-2H3. The predicted octanol–water partition coefficient (Wildman–Crippen LogP) is 9.14. The first-order chi connectivity index (χ1) is 24.1. The average Bonchev–Trinajstić information content (AvgIpc) is 3.11. The van der Waals surface area contributed by atoms with E-state index in [4.69, 9.17) is 24.1 Å². The van der Waals surface area contributed by atoms with Gasteiger partial charge < -0.3 is 29.0 Å². The summed E-state index contributed by atoms with van der Waals surface area (Å²) in [6.45, 7) is 10.1. The van der Waals surface area contributed by atoms with Crippen LogP contribution in [0.3, 0.4) is 0 Å². The monoisotopic (exact) mass is 716 g/mol. The Bertz CT molecular complexity index is 737. The number of nitrogens with zero attached hydrogens (tertiary/aromatic N) is 1. The fraction of sp³-hybridized carbons (Fsp3) is 0.950. The van der Waals surface area contributed by atoms with Gasteiger partial charge in [-0.2, -0.15) is 11.8 Å². The average molecular weight is 716 g/mol. The molecule has 1 atom stereocenters. The summed E-state index contributed by atoms with van der Waals surface area (Å²) in [5.41, 5.74) is 0. The van der Waals surface area contributed by atoms with E-state index in [1.165, 1.54) is 77.0 Å². The Labute approximate surface area is 305 Å². The summed E-state index contributed by atoms with van der Waals surface area (Å²) in [6.07, 6.45) is 25.6. The quantitative estimate of drug-likeness (QED) is 0.0504. The van der Waals surface area contributed by atoms with Crippen molar-refractivity contribution in [3.8, 4) is 0 Å². The van der Waals surface area contributed by atoms with Crippen LogP contribution in [-0.4, -0.2) is 98.8 Å². The van der Waals surface area contributed by atoms with Crippen molar-refractivity contribution < 1.29 is 33.6 Å². The first-order valence-corrected chi connectivity index (χ1v) is 21.7. The summed E-state index contributed by atoms with van der Waals surface area (Å²) in [5.74, 6) is 2.72. The van der Waals surface area contributed by atoms with Gasteiger partial charge in [-0.1, -0.05) is 90.9 Å². The van der Waals surface area contributed by atoms with Gasteiger partial charge in [0.05, 0.1) is 39.6 Å². The first-order valence-electron chi connectivity index (χ1n) is 20.5. The Morgan fingerprint density at radius 3 is 2.10 bits per heavy atom. The zero-order valence-corrected chi connectivity index (χ0v) is 32.8. The number of thioether (sulfide) groups is 1. The fourth-order valence-corrected chi connectivity index (χ4v) is 7.51. The number of hydrogen-bond donors (Lipinski definition) is 1. The third kappa shape index (κ3) is 30.5. The Morgan fingerprint density at radius 1 is 0.694 bits per heavy atom. The number of hydrogen-bond acceptors (Lipinski definition) is 9. The van der Waals surface area contributed by atoms with Gasteiger partial charge in [-0.25, -0.2) is 0 Å². The number of carbonyl (C=O) groups is 2. The number of carbonyl (C=O) groups excluding carboxylic acids is 2. The molecule has 0 bridgehead atoms. The third-order valence-corrected chi connectivity index (χ3v) is 10.7. The molecule has 1 fully saturated rings. The molecule has 0 aromatic carbocycles. The van der Waals surface area contributed by atoms with E-state index in [-0.39, 0.29) is 24.6 Å². The maximum atomic E-state index is 12.7. The van der Waals surface area contributed by atoms with Crippen LogP contribution < -0.4 is 0 Å². The highest BCUT2D eigenvalue weighted by Crippen LogP contribution is 2.27. The van der Waals surface area contributed by atoms with Crippen molar-refractivity contribution in [2.45, 2.75) is 168 Å². The lowest BCUT2D eigenvalue weighted by molar-refractivity contribution is -0.148. The van der Waals surface area contributed by atoms with Crippen LogP contribution in [0.5, 0.6) is 0 Å². The number of esters is 2. The number of ether oxygens (including phenoxy) is 4. The van der Waals surface area contributed by atoms with Gasteiger partial charge in [0.2, 0.25) is 0 Å². The summed E-state index contributed by atoms with van der Waals surface area (Å²) in [6, 6.07) is 0. The van der Waals surface area contributed by atoms with E-state index in [1.807, 2.05) is 11.8 Å². The Balaban J connectivity index is 2.28. The van der Waals surface area contributed by atoms with E-state index in [2.05, 4.69) is 18.7 Å². The van der Waals surface area contributed by atoms with Gasteiger partial charge >= 0.3 is 11.9 Å². The second-order valence-corrected chi connectivity index (χ2v) is 15.2. The van der Waals surface area contributed by atoms with E-state index >= 15 is 0 Å². The largest absolute Gasteiger partial charge is 0.466 e.